The summed E-state index contributed by atoms with van der Waals surface area (Å²) < 4.78 is 67.0. The van der Waals surface area contributed by atoms with Gasteiger partial charge in [0.1, 0.15) is 6.09 Å². The lowest BCUT2D eigenvalue weighted by molar-refractivity contribution is -0.270. The van der Waals surface area contributed by atoms with E-state index in [0.29, 0.717) is 0 Å². The van der Waals surface area contributed by atoms with Crippen molar-refractivity contribution in [2.45, 2.75) is 30.6 Å². The van der Waals surface area contributed by atoms with Crippen LogP contribution < -0.4 is 5.11 Å². The van der Waals surface area contributed by atoms with Crippen molar-refractivity contribution in [3.05, 3.63) is 29.8 Å². The predicted octanol–water partition coefficient (Wildman–Crippen LogP) is 1.25. The molecule has 1 fully saturated rings. The molecular formula is C13H13F3NO5S-. The number of aryl methyl sites for hydroxylation is 1. The van der Waals surface area contributed by atoms with Crippen molar-refractivity contribution >= 4 is 16.2 Å². The van der Waals surface area contributed by atoms with Gasteiger partial charge in [0, 0.05) is 13.0 Å². The van der Waals surface area contributed by atoms with E-state index in [1.807, 2.05) is 0 Å². The zero-order valence-electron chi connectivity index (χ0n) is 11.9. The number of benzene rings is 1. The molecule has 0 bridgehead atoms. The average molecular weight is 352 g/mol. The standard InChI is InChI=1S/C13H14F3NO5S/c1-8-2-4-10(5-3-8)23(20,21)22-11-6-9(13(14,15)16)7-17(11)12(18)19/h2-5,9,11H,6-7H2,1H3,(H,18,19)/p-1. The van der Waals surface area contributed by atoms with Crippen molar-refractivity contribution in [2.24, 2.45) is 5.92 Å². The van der Waals surface area contributed by atoms with Crippen LogP contribution in [-0.4, -0.2) is 38.4 Å². The van der Waals surface area contributed by atoms with Crippen LogP contribution in [0.3, 0.4) is 0 Å². The van der Waals surface area contributed by atoms with Gasteiger partial charge in [-0.3, -0.25) is 0 Å². The Morgan fingerprint density at radius 1 is 1.30 bits per heavy atom. The molecule has 0 aliphatic carbocycles. The summed E-state index contributed by atoms with van der Waals surface area (Å²) in [5.41, 5.74) is 0.776. The van der Waals surface area contributed by atoms with E-state index < -0.39 is 47.5 Å². The van der Waals surface area contributed by atoms with Crippen LogP contribution >= 0.6 is 0 Å². The van der Waals surface area contributed by atoms with Crippen molar-refractivity contribution in [2.75, 3.05) is 6.54 Å². The first-order valence-corrected chi connectivity index (χ1v) is 7.96. The van der Waals surface area contributed by atoms with Crippen LogP contribution in [0.5, 0.6) is 0 Å². The number of carbonyl (C=O) groups excluding carboxylic acids is 1. The molecule has 1 aliphatic heterocycles. The Bertz CT molecular complexity index is 687. The van der Waals surface area contributed by atoms with Crippen molar-refractivity contribution in [1.82, 2.24) is 4.90 Å². The second-order valence-corrected chi connectivity index (χ2v) is 6.78. The number of rotatable bonds is 3. The number of alkyl halides is 3. The fourth-order valence-corrected chi connectivity index (χ4v) is 3.28. The molecule has 1 saturated heterocycles. The maximum Gasteiger partial charge on any atom is 0.393 e. The number of carbonyl (C=O) groups is 1. The molecule has 0 saturated carbocycles. The smallest absolute Gasteiger partial charge is 0.393 e. The van der Waals surface area contributed by atoms with Gasteiger partial charge in [-0.25, -0.2) is 4.18 Å². The Morgan fingerprint density at radius 2 is 1.87 bits per heavy atom. The Morgan fingerprint density at radius 3 is 2.35 bits per heavy atom. The largest absolute Gasteiger partial charge is 0.530 e. The third kappa shape index (κ3) is 3.94. The summed E-state index contributed by atoms with van der Waals surface area (Å²) in [5, 5.41) is 10.9. The van der Waals surface area contributed by atoms with Crippen molar-refractivity contribution in [3.8, 4) is 0 Å². The molecule has 0 aromatic heterocycles. The molecule has 2 unspecified atom stereocenters. The molecule has 1 aliphatic rings. The van der Waals surface area contributed by atoms with Gasteiger partial charge < -0.3 is 14.8 Å². The van der Waals surface area contributed by atoms with Gasteiger partial charge >= 0.3 is 6.18 Å². The molecule has 10 heteroatoms. The van der Waals surface area contributed by atoms with Gasteiger partial charge in [0.05, 0.1) is 10.8 Å². The molecule has 1 aromatic carbocycles. The van der Waals surface area contributed by atoms with Crippen LogP contribution in [0.2, 0.25) is 0 Å². The zero-order chi connectivity index (χ0) is 17.4. The second-order valence-electron chi connectivity index (χ2n) is 5.21. The molecule has 1 amide bonds. The minimum atomic E-state index is -4.65. The Labute approximate surface area is 130 Å². The molecule has 0 N–H and O–H groups in total. The topological polar surface area (TPSA) is 86.7 Å². The molecule has 2 atom stereocenters. The molecule has 1 heterocycles. The fraction of sp³-hybridized carbons (Fsp3) is 0.462. The van der Waals surface area contributed by atoms with Gasteiger partial charge in [0.25, 0.3) is 10.1 Å². The highest BCUT2D eigenvalue weighted by Gasteiger charge is 2.49. The first-order chi connectivity index (χ1) is 10.5. The number of nitrogens with zero attached hydrogens (tertiary/aromatic N) is 1. The Balaban J connectivity index is 2.22. The van der Waals surface area contributed by atoms with Gasteiger partial charge in [0.15, 0.2) is 6.23 Å². The van der Waals surface area contributed by atoms with Gasteiger partial charge in [-0.05, 0) is 19.1 Å². The predicted molar refractivity (Wildman–Crippen MR) is 69.5 cm³/mol. The van der Waals surface area contributed by atoms with Crippen LogP contribution in [0, 0.1) is 12.8 Å². The molecule has 2 rings (SSSR count). The number of likely N-dealkylation sites (tertiary alicyclic amines) is 1. The highest BCUT2D eigenvalue weighted by Crippen LogP contribution is 2.37. The van der Waals surface area contributed by atoms with Crippen LogP contribution in [0.4, 0.5) is 18.0 Å². The monoisotopic (exact) mass is 352 g/mol. The SMILES string of the molecule is Cc1ccc(S(=O)(=O)OC2CC(C(F)(F)F)CN2C(=O)[O-])cc1. The highest BCUT2D eigenvalue weighted by molar-refractivity contribution is 7.86. The molecule has 128 valence electrons. The van der Waals surface area contributed by atoms with Gasteiger partial charge in [-0.15, -0.1) is 0 Å². The quantitative estimate of drug-likeness (QED) is 0.764. The number of halogens is 3. The van der Waals surface area contributed by atoms with Gasteiger partial charge in [-0.1, -0.05) is 17.7 Å². The fourth-order valence-electron chi connectivity index (χ4n) is 2.23. The molecular weight excluding hydrogens is 339 g/mol. The molecule has 0 spiro atoms. The lowest BCUT2D eigenvalue weighted by Gasteiger charge is -2.26. The van der Waals surface area contributed by atoms with Gasteiger partial charge in [-0.2, -0.15) is 21.6 Å². The molecule has 6 nitrogen and oxygen atoms in total. The van der Waals surface area contributed by atoms with E-state index in [-0.39, 0.29) is 9.80 Å². The molecule has 23 heavy (non-hydrogen) atoms. The zero-order valence-corrected chi connectivity index (χ0v) is 12.7. The van der Waals surface area contributed by atoms with Crippen LogP contribution in [0.1, 0.15) is 12.0 Å². The first kappa shape index (κ1) is 17.5. The Hall–Kier alpha value is -1.81. The maximum atomic E-state index is 12.7. The minimum Gasteiger partial charge on any atom is -0.530 e. The van der Waals surface area contributed by atoms with E-state index in [9.17, 15) is 31.5 Å². The summed E-state index contributed by atoms with van der Waals surface area (Å²) >= 11 is 0. The summed E-state index contributed by atoms with van der Waals surface area (Å²) in [5.74, 6) is -2.00. The van der Waals surface area contributed by atoms with E-state index in [1.165, 1.54) is 24.3 Å². The molecule has 1 aromatic rings. The van der Waals surface area contributed by atoms with E-state index in [2.05, 4.69) is 0 Å². The third-order valence-corrected chi connectivity index (χ3v) is 4.82. The third-order valence-electron chi connectivity index (χ3n) is 3.50. The first-order valence-electron chi connectivity index (χ1n) is 6.55. The number of hydrogen-bond acceptors (Lipinski definition) is 5. The van der Waals surface area contributed by atoms with E-state index >= 15 is 0 Å². The summed E-state index contributed by atoms with van der Waals surface area (Å²) in [6.07, 6.45) is -9.14. The lowest BCUT2D eigenvalue weighted by Crippen LogP contribution is -2.46. The Kier molecular flexibility index (Phi) is 4.58. The highest BCUT2D eigenvalue weighted by atomic mass is 32.2. The van der Waals surface area contributed by atoms with Crippen molar-refractivity contribution in [1.29, 1.82) is 0 Å². The second kappa shape index (κ2) is 6.00. The maximum absolute atomic E-state index is 12.7. The van der Waals surface area contributed by atoms with Crippen LogP contribution in [0.25, 0.3) is 0 Å². The summed E-state index contributed by atoms with van der Waals surface area (Å²) in [7, 11) is -4.40. The average Bonchev–Trinajstić information content (AvgIpc) is 2.82. The van der Waals surface area contributed by atoms with Crippen LogP contribution in [0.15, 0.2) is 29.2 Å². The normalized spacial score (nSPS) is 22.3. The van der Waals surface area contributed by atoms with E-state index in [0.717, 1.165) is 5.56 Å². The van der Waals surface area contributed by atoms with Crippen molar-refractivity contribution < 1.29 is 35.7 Å². The molecule has 0 radical (unpaired) electrons. The van der Waals surface area contributed by atoms with Gasteiger partial charge in [0.2, 0.25) is 0 Å². The summed E-state index contributed by atoms with van der Waals surface area (Å²) in [6, 6.07) is 5.42. The lowest BCUT2D eigenvalue weighted by atomic mass is 10.1. The number of carboxylic acid groups (broad SMARTS) is 1. The summed E-state index contributed by atoms with van der Waals surface area (Å²) in [6.45, 7) is 0.805. The van der Waals surface area contributed by atoms with Crippen molar-refractivity contribution in [3.63, 3.8) is 0 Å². The van der Waals surface area contributed by atoms with E-state index in [1.54, 1.807) is 6.92 Å². The summed E-state index contributed by atoms with van der Waals surface area (Å²) in [4.78, 5) is 10.9. The number of amides is 1. The minimum absolute atomic E-state index is 0.240. The number of hydrogen-bond donors (Lipinski definition) is 0. The van der Waals surface area contributed by atoms with E-state index in [4.69, 9.17) is 4.18 Å². The van der Waals surface area contributed by atoms with Crippen LogP contribution in [-0.2, 0) is 14.3 Å².